The van der Waals surface area contributed by atoms with Crippen molar-refractivity contribution < 1.29 is 9.53 Å². The first-order valence-corrected chi connectivity index (χ1v) is 5.24. The maximum absolute atomic E-state index is 11.3. The van der Waals surface area contributed by atoms with E-state index < -0.39 is 0 Å². The zero-order valence-corrected chi connectivity index (χ0v) is 8.80. The smallest absolute Gasteiger partial charge is 0.253 e. The minimum absolute atomic E-state index is 0.477. The van der Waals surface area contributed by atoms with Gasteiger partial charge in [0.2, 0.25) is 5.69 Å². The van der Waals surface area contributed by atoms with Gasteiger partial charge in [0, 0.05) is 18.0 Å². The number of nitrogens with zero attached hydrogens (tertiary/aromatic N) is 4. The third-order valence-electron chi connectivity index (χ3n) is 2.84. The molecule has 82 valence electrons. The summed E-state index contributed by atoms with van der Waals surface area (Å²) in [7, 11) is 0. The van der Waals surface area contributed by atoms with Crippen LogP contribution in [0, 0.1) is 5.21 Å². The predicted molar refractivity (Wildman–Crippen MR) is 53.3 cm³/mol. The van der Waals surface area contributed by atoms with E-state index in [0.29, 0.717) is 29.1 Å². The highest BCUT2D eigenvalue weighted by Gasteiger charge is 2.29. The van der Waals surface area contributed by atoms with Gasteiger partial charge in [0.1, 0.15) is 0 Å². The van der Waals surface area contributed by atoms with Gasteiger partial charge in [-0.3, -0.25) is 4.63 Å². The van der Waals surface area contributed by atoms with E-state index in [1.807, 2.05) is 13.0 Å². The third-order valence-corrected chi connectivity index (χ3v) is 2.84. The molecule has 2 heterocycles. The molecule has 0 saturated heterocycles. The van der Waals surface area contributed by atoms with Crippen LogP contribution in [0.1, 0.15) is 24.0 Å². The van der Waals surface area contributed by atoms with Crippen molar-refractivity contribution in [2.45, 2.75) is 26.2 Å². The highest BCUT2D eigenvalue weighted by atomic mass is 16.8. The van der Waals surface area contributed by atoms with Crippen molar-refractivity contribution in [2.75, 3.05) is 0 Å². The lowest BCUT2D eigenvalue weighted by Crippen LogP contribution is -2.29. The van der Waals surface area contributed by atoms with Crippen LogP contribution in [0.4, 0.5) is 0 Å². The first kappa shape index (κ1) is 9.26. The average Bonchev–Trinajstić information content (AvgIpc) is 2.71. The van der Waals surface area contributed by atoms with E-state index in [-0.39, 0.29) is 0 Å². The fourth-order valence-electron chi connectivity index (χ4n) is 1.94. The fraction of sp³-hybridized carbons (Fsp3) is 0.400. The van der Waals surface area contributed by atoms with Gasteiger partial charge in [0.15, 0.2) is 0 Å². The molecule has 0 aromatic carbocycles. The topological polar surface area (TPSA) is 78.8 Å². The molecular weight excluding hydrogens is 208 g/mol. The zero-order valence-electron chi connectivity index (χ0n) is 8.80. The van der Waals surface area contributed by atoms with Gasteiger partial charge >= 0.3 is 0 Å². The standard InChI is InChI=1S/C10H10N4O2/c1-2-6-5-7-8(12-11-6)3-4-9-10(7)13-16-14(9)15/h5H,2-4H2,1H3. The normalized spacial score (nSPS) is 13.3. The van der Waals surface area contributed by atoms with Gasteiger partial charge < -0.3 is 5.21 Å². The number of aryl methyl sites for hydroxylation is 2. The highest BCUT2D eigenvalue weighted by Crippen LogP contribution is 2.28. The van der Waals surface area contributed by atoms with E-state index in [1.165, 1.54) is 0 Å². The van der Waals surface area contributed by atoms with Crippen molar-refractivity contribution in [1.82, 2.24) is 15.4 Å². The Balaban J connectivity index is 2.22. The summed E-state index contributed by atoms with van der Waals surface area (Å²) < 4.78 is 4.61. The maximum Gasteiger partial charge on any atom is 0.253 e. The summed E-state index contributed by atoms with van der Waals surface area (Å²) >= 11 is 0. The molecule has 0 bridgehead atoms. The summed E-state index contributed by atoms with van der Waals surface area (Å²) in [5.41, 5.74) is 3.86. The summed E-state index contributed by atoms with van der Waals surface area (Å²) in [5, 5.41) is 23.3. The van der Waals surface area contributed by atoms with Crippen LogP contribution in [0.2, 0.25) is 0 Å². The number of hydrogen-bond donors (Lipinski definition) is 0. The second-order valence-electron chi connectivity index (χ2n) is 3.77. The molecule has 0 amide bonds. The SMILES string of the molecule is CCc1cc2c(nn1)CCc1c-2no[n+]1[O-]. The van der Waals surface area contributed by atoms with Crippen molar-refractivity contribution in [3.63, 3.8) is 0 Å². The predicted octanol–water partition coefficient (Wildman–Crippen LogP) is 0.426. The van der Waals surface area contributed by atoms with Crippen molar-refractivity contribution >= 4 is 0 Å². The Morgan fingerprint density at radius 2 is 2.31 bits per heavy atom. The Morgan fingerprint density at radius 3 is 3.12 bits per heavy atom. The Kier molecular flexibility index (Phi) is 1.89. The highest BCUT2D eigenvalue weighted by molar-refractivity contribution is 5.65. The third kappa shape index (κ3) is 1.19. The van der Waals surface area contributed by atoms with Gasteiger partial charge in [-0.2, -0.15) is 10.2 Å². The molecule has 0 saturated carbocycles. The monoisotopic (exact) mass is 218 g/mol. The molecule has 3 rings (SSSR count). The Hall–Kier alpha value is -1.98. The van der Waals surface area contributed by atoms with Gasteiger partial charge in [-0.1, -0.05) is 6.92 Å². The van der Waals surface area contributed by atoms with Crippen molar-refractivity contribution in [2.24, 2.45) is 0 Å². The minimum atomic E-state index is 0.477. The molecule has 2 aromatic heterocycles. The lowest BCUT2D eigenvalue weighted by Gasteiger charge is -2.09. The quantitative estimate of drug-likeness (QED) is 0.648. The van der Waals surface area contributed by atoms with Crippen molar-refractivity contribution in [3.05, 3.63) is 28.4 Å². The molecule has 0 N–H and O–H groups in total. The van der Waals surface area contributed by atoms with E-state index in [4.69, 9.17) is 0 Å². The van der Waals surface area contributed by atoms with Crippen LogP contribution in [-0.2, 0) is 19.3 Å². The van der Waals surface area contributed by atoms with Gasteiger partial charge in [0.05, 0.1) is 17.0 Å². The van der Waals surface area contributed by atoms with Gasteiger partial charge in [-0.05, 0) is 17.4 Å². The lowest BCUT2D eigenvalue weighted by molar-refractivity contribution is -0.807. The molecule has 0 unspecified atom stereocenters. The van der Waals surface area contributed by atoms with E-state index in [0.717, 1.165) is 23.4 Å². The van der Waals surface area contributed by atoms with Crippen LogP contribution in [0.15, 0.2) is 10.7 Å². The first-order valence-electron chi connectivity index (χ1n) is 5.24. The van der Waals surface area contributed by atoms with E-state index in [9.17, 15) is 5.21 Å². The first-order chi connectivity index (χ1) is 7.79. The van der Waals surface area contributed by atoms with Crippen LogP contribution in [0.3, 0.4) is 0 Å². The summed E-state index contributed by atoms with van der Waals surface area (Å²) in [6.07, 6.45) is 2.13. The summed E-state index contributed by atoms with van der Waals surface area (Å²) in [4.78, 5) is 0.477. The summed E-state index contributed by atoms with van der Waals surface area (Å²) in [6.45, 7) is 2.01. The van der Waals surface area contributed by atoms with Crippen LogP contribution in [0.5, 0.6) is 0 Å². The molecule has 16 heavy (non-hydrogen) atoms. The Bertz CT molecular complexity index is 550. The summed E-state index contributed by atoms with van der Waals surface area (Å²) in [6, 6.07) is 1.93. The molecule has 0 aliphatic heterocycles. The van der Waals surface area contributed by atoms with Crippen molar-refractivity contribution in [3.8, 4) is 11.3 Å². The molecule has 2 aromatic rings. The van der Waals surface area contributed by atoms with E-state index >= 15 is 0 Å². The van der Waals surface area contributed by atoms with Gasteiger partial charge in [0.25, 0.3) is 5.69 Å². The number of fused-ring (bicyclic) bond motifs is 3. The van der Waals surface area contributed by atoms with Gasteiger partial charge in [-0.15, -0.1) is 0 Å². The van der Waals surface area contributed by atoms with Crippen LogP contribution < -0.4 is 4.90 Å². The largest absolute Gasteiger partial charge is 0.359 e. The molecular formula is C10H10N4O2. The average molecular weight is 218 g/mol. The van der Waals surface area contributed by atoms with E-state index in [2.05, 4.69) is 20.0 Å². The number of rotatable bonds is 1. The Morgan fingerprint density at radius 1 is 1.44 bits per heavy atom. The molecule has 1 aliphatic carbocycles. The lowest BCUT2D eigenvalue weighted by atomic mass is 9.96. The van der Waals surface area contributed by atoms with Crippen molar-refractivity contribution in [1.29, 1.82) is 0 Å². The maximum atomic E-state index is 11.3. The molecule has 6 nitrogen and oxygen atoms in total. The number of aromatic nitrogens is 4. The second kappa shape index (κ2) is 3.26. The molecule has 1 aliphatic rings. The number of hydrogen-bond acceptors (Lipinski definition) is 5. The molecule has 0 spiro atoms. The van der Waals surface area contributed by atoms with E-state index in [1.54, 1.807) is 0 Å². The second-order valence-corrected chi connectivity index (χ2v) is 3.77. The van der Waals surface area contributed by atoms with Gasteiger partial charge in [-0.25, -0.2) is 0 Å². The summed E-state index contributed by atoms with van der Waals surface area (Å²) in [5.74, 6) is 0. The van der Waals surface area contributed by atoms with Crippen LogP contribution in [-0.4, -0.2) is 15.4 Å². The molecule has 0 radical (unpaired) electrons. The molecule has 0 atom stereocenters. The minimum Gasteiger partial charge on any atom is -0.359 e. The molecule has 6 heteroatoms. The van der Waals surface area contributed by atoms with Crippen LogP contribution >= 0.6 is 0 Å². The Labute approximate surface area is 91.4 Å². The zero-order chi connectivity index (χ0) is 11.1. The van der Waals surface area contributed by atoms with Crippen LogP contribution in [0.25, 0.3) is 11.3 Å². The fourth-order valence-corrected chi connectivity index (χ4v) is 1.94. The molecule has 0 fully saturated rings.